The van der Waals surface area contributed by atoms with E-state index in [0.717, 1.165) is 12.3 Å². The van der Waals surface area contributed by atoms with E-state index in [1.54, 1.807) is 5.54 Å². The Kier molecular flexibility index (Phi) is 3.52. The Morgan fingerprint density at radius 2 is 2.25 bits per heavy atom. The van der Waals surface area contributed by atoms with Crippen LogP contribution in [-0.4, -0.2) is 11.2 Å². The topological polar surface area (TPSA) is 14.2 Å². The van der Waals surface area contributed by atoms with E-state index < -0.39 is 0 Å². The molecule has 0 N–H and O–H groups in total. The average molecular weight is 236 g/mol. The van der Waals surface area contributed by atoms with Crippen LogP contribution in [0.1, 0.15) is 6.92 Å². The first-order chi connectivity index (χ1) is 7.85. The first kappa shape index (κ1) is 11.1. The lowest BCUT2D eigenvalue weighted by Gasteiger charge is -2.04. The van der Waals surface area contributed by atoms with Gasteiger partial charge >= 0.3 is 0 Å². The molecule has 2 nitrogen and oxygen atoms in total. The normalized spacial score (nSPS) is 11.4. The van der Waals surface area contributed by atoms with Crippen molar-refractivity contribution in [3.05, 3.63) is 42.1 Å². The van der Waals surface area contributed by atoms with Gasteiger partial charge in [-0.2, -0.15) is 0 Å². The van der Waals surface area contributed by atoms with Gasteiger partial charge in [-0.15, -0.1) is 0 Å². The van der Waals surface area contributed by atoms with Crippen molar-refractivity contribution in [1.82, 2.24) is 4.57 Å². The van der Waals surface area contributed by atoms with Crippen LogP contribution >= 0.6 is 11.6 Å². The lowest BCUT2D eigenvalue weighted by molar-refractivity contribution is 0.340. The van der Waals surface area contributed by atoms with Crippen molar-refractivity contribution >= 4 is 22.5 Å². The molecule has 0 saturated carbocycles. The molecule has 0 radical (unpaired) electrons. The zero-order valence-corrected chi connectivity index (χ0v) is 9.95. The molecule has 0 fully saturated rings. The van der Waals surface area contributed by atoms with Gasteiger partial charge in [0.1, 0.15) is 5.75 Å². The Balaban J connectivity index is 2.34. The number of hydrogen-bond donors (Lipinski definition) is 0. The first-order valence-electron chi connectivity index (χ1n) is 5.32. The highest BCUT2D eigenvalue weighted by atomic mass is 35.5. The fourth-order valence-corrected chi connectivity index (χ4v) is 1.83. The minimum Gasteiger partial charge on any atom is -0.494 e. The zero-order valence-electron chi connectivity index (χ0n) is 9.19. The van der Waals surface area contributed by atoms with Crippen LogP contribution in [0.4, 0.5) is 0 Å². The number of rotatable bonds is 4. The number of fused-ring (bicyclic) bond motifs is 1. The molecule has 0 atom stereocenters. The van der Waals surface area contributed by atoms with E-state index in [1.165, 1.54) is 10.9 Å². The van der Waals surface area contributed by atoms with Crippen LogP contribution in [0.25, 0.3) is 10.9 Å². The third-order valence-corrected chi connectivity index (χ3v) is 2.62. The van der Waals surface area contributed by atoms with Crippen molar-refractivity contribution in [2.24, 2.45) is 0 Å². The standard InChI is InChI=1S/C13H14ClNO/c1-2-16-12-4-5-13-11(10-12)6-9-15(13)8-3-7-14/h3-7,9-10H,2,8H2,1H3/b7-3+. The summed E-state index contributed by atoms with van der Waals surface area (Å²) in [5, 5.41) is 1.19. The number of hydrogen-bond acceptors (Lipinski definition) is 1. The van der Waals surface area contributed by atoms with Crippen LogP contribution in [0.3, 0.4) is 0 Å². The van der Waals surface area contributed by atoms with Gasteiger partial charge in [-0.25, -0.2) is 0 Å². The summed E-state index contributed by atoms with van der Waals surface area (Å²) in [6.07, 6.45) is 3.97. The van der Waals surface area contributed by atoms with Gasteiger partial charge in [0.15, 0.2) is 0 Å². The Labute approximate surface area is 100 Å². The molecule has 2 rings (SSSR count). The third-order valence-electron chi connectivity index (χ3n) is 2.44. The Bertz CT molecular complexity index is 502. The number of aromatic nitrogens is 1. The molecule has 0 aliphatic carbocycles. The summed E-state index contributed by atoms with van der Waals surface area (Å²) in [5.74, 6) is 0.917. The van der Waals surface area contributed by atoms with Crippen LogP contribution in [0, 0.1) is 0 Å². The van der Waals surface area contributed by atoms with Crippen LogP contribution in [0.2, 0.25) is 0 Å². The molecule has 0 saturated heterocycles. The van der Waals surface area contributed by atoms with Gasteiger partial charge in [-0.05, 0) is 31.2 Å². The predicted molar refractivity (Wildman–Crippen MR) is 68.1 cm³/mol. The van der Waals surface area contributed by atoms with E-state index in [2.05, 4.69) is 29.0 Å². The Hall–Kier alpha value is -1.41. The van der Waals surface area contributed by atoms with Crippen molar-refractivity contribution in [1.29, 1.82) is 0 Å². The fourth-order valence-electron chi connectivity index (χ4n) is 1.75. The molecule has 16 heavy (non-hydrogen) atoms. The summed E-state index contributed by atoms with van der Waals surface area (Å²) in [4.78, 5) is 0. The molecule has 1 aromatic carbocycles. The molecule has 1 heterocycles. The van der Waals surface area contributed by atoms with Gasteiger partial charge in [0.2, 0.25) is 0 Å². The van der Waals surface area contributed by atoms with Crippen molar-refractivity contribution in [3.8, 4) is 5.75 Å². The molecular weight excluding hydrogens is 222 g/mol. The second kappa shape index (κ2) is 5.08. The molecule has 2 aromatic rings. The van der Waals surface area contributed by atoms with E-state index >= 15 is 0 Å². The van der Waals surface area contributed by atoms with Gasteiger partial charge in [-0.1, -0.05) is 17.7 Å². The van der Waals surface area contributed by atoms with Gasteiger partial charge in [0.25, 0.3) is 0 Å². The highest BCUT2D eigenvalue weighted by molar-refractivity contribution is 6.25. The zero-order chi connectivity index (χ0) is 11.4. The minimum atomic E-state index is 0.696. The fraction of sp³-hybridized carbons (Fsp3) is 0.231. The summed E-state index contributed by atoms with van der Waals surface area (Å²) in [6.45, 7) is 3.48. The van der Waals surface area contributed by atoms with Crippen molar-refractivity contribution in [2.45, 2.75) is 13.5 Å². The first-order valence-corrected chi connectivity index (χ1v) is 5.75. The van der Waals surface area contributed by atoms with E-state index in [0.29, 0.717) is 6.61 Å². The van der Waals surface area contributed by atoms with Gasteiger partial charge in [0, 0.05) is 29.2 Å². The van der Waals surface area contributed by atoms with Gasteiger partial charge in [0.05, 0.1) is 6.61 Å². The molecule has 0 aliphatic rings. The molecule has 0 amide bonds. The maximum atomic E-state index is 5.52. The largest absolute Gasteiger partial charge is 0.494 e. The molecule has 0 aliphatic heterocycles. The number of allylic oxidation sites excluding steroid dienone is 1. The van der Waals surface area contributed by atoms with Crippen molar-refractivity contribution in [3.63, 3.8) is 0 Å². The minimum absolute atomic E-state index is 0.696. The number of benzene rings is 1. The van der Waals surface area contributed by atoms with E-state index in [4.69, 9.17) is 16.3 Å². The predicted octanol–water partition coefficient (Wildman–Crippen LogP) is 3.79. The molecule has 0 spiro atoms. The van der Waals surface area contributed by atoms with Crippen molar-refractivity contribution < 1.29 is 4.74 Å². The van der Waals surface area contributed by atoms with Crippen LogP contribution in [0.5, 0.6) is 5.75 Å². The van der Waals surface area contributed by atoms with Gasteiger partial charge < -0.3 is 9.30 Å². The molecule has 84 valence electrons. The van der Waals surface area contributed by atoms with E-state index in [9.17, 15) is 0 Å². The molecule has 1 aromatic heterocycles. The Morgan fingerprint density at radius 1 is 1.38 bits per heavy atom. The maximum Gasteiger partial charge on any atom is 0.120 e. The highest BCUT2D eigenvalue weighted by Gasteiger charge is 2.01. The second-order valence-corrected chi connectivity index (χ2v) is 3.74. The lowest BCUT2D eigenvalue weighted by Crippen LogP contribution is -1.93. The lowest BCUT2D eigenvalue weighted by atomic mass is 10.2. The molecule has 0 bridgehead atoms. The quantitative estimate of drug-likeness (QED) is 0.787. The monoisotopic (exact) mass is 235 g/mol. The summed E-state index contributed by atoms with van der Waals surface area (Å²) in [6, 6.07) is 8.20. The second-order valence-electron chi connectivity index (χ2n) is 3.48. The van der Waals surface area contributed by atoms with E-state index in [-0.39, 0.29) is 0 Å². The number of ether oxygens (including phenoxy) is 1. The molecular formula is C13H14ClNO. The van der Waals surface area contributed by atoms with Crippen LogP contribution in [-0.2, 0) is 6.54 Å². The summed E-state index contributed by atoms with van der Waals surface area (Å²) in [7, 11) is 0. The smallest absolute Gasteiger partial charge is 0.120 e. The molecule has 3 heteroatoms. The SMILES string of the molecule is CCOc1ccc2c(ccn2C/C=C/Cl)c1. The maximum absolute atomic E-state index is 5.52. The van der Waals surface area contributed by atoms with Gasteiger partial charge in [-0.3, -0.25) is 0 Å². The Morgan fingerprint density at radius 3 is 3.00 bits per heavy atom. The highest BCUT2D eigenvalue weighted by Crippen LogP contribution is 2.22. The molecule has 0 unspecified atom stereocenters. The summed E-state index contributed by atoms with van der Waals surface area (Å²) >= 11 is 5.52. The van der Waals surface area contributed by atoms with Crippen LogP contribution in [0.15, 0.2) is 42.1 Å². The third kappa shape index (κ3) is 2.22. The number of halogens is 1. The van der Waals surface area contributed by atoms with Crippen molar-refractivity contribution in [2.75, 3.05) is 6.61 Å². The number of nitrogens with zero attached hydrogens (tertiary/aromatic N) is 1. The summed E-state index contributed by atoms with van der Waals surface area (Å²) < 4.78 is 7.60. The average Bonchev–Trinajstić information content (AvgIpc) is 2.69. The summed E-state index contributed by atoms with van der Waals surface area (Å²) in [5.41, 5.74) is 2.73. The van der Waals surface area contributed by atoms with E-state index in [1.807, 2.05) is 19.1 Å². The van der Waals surface area contributed by atoms with Crippen LogP contribution < -0.4 is 4.74 Å².